The Kier molecular flexibility index (Phi) is 8.80. The molecule has 6 heteroatoms. The van der Waals surface area contributed by atoms with Gasteiger partial charge in [-0.3, -0.25) is 14.7 Å². The number of likely N-dealkylation sites (tertiary alicyclic amines) is 1. The Balaban J connectivity index is 1.48. The molecule has 176 valence electrons. The summed E-state index contributed by atoms with van der Waals surface area (Å²) in [5, 5.41) is 13.7. The first-order chi connectivity index (χ1) is 15.9. The van der Waals surface area contributed by atoms with E-state index >= 15 is 0 Å². The molecule has 1 atom stereocenters. The number of aliphatic hydroxyl groups is 1. The van der Waals surface area contributed by atoms with Gasteiger partial charge in [-0.1, -0.05) is 18.2 Å². The van der Waals surface area contributed by atoms with Crippen molar-refractivity contribution >= 4 is 5.91 Å². The van der Waals surface area contributed by atoms with E-state index in [1.165, 1.54) is 0 Å². The van der Waals surface area contributed by atoms with Crippen molar-refractivity contribution in [1.29, 1.82) is 0 Å². The fourth-order valence-corrected chi connectivity index (χ4v) is 4.13. The van der Waals surface area contributed by atoms with Crippen LogP contribution in [-0.2, 0) is 6.54 Å². The van der Waals surface area contributed by atoms with Gasteiger partial charge >= 0.3 is 0 Å². The highest BCUT2D eigenvalue weighted by molar-refractivity contribution is 5.94. The summed E-state index contributed by atoms with van der Waals surface area (Å²) in [7, 11) is 0. The highest BCUT2D eigenvalue weighted by Crippen LogP contribution is 2.23. The van der Waals surface area contributed by atoms with E-state index in [4.69, 9.17) is 4.74 Å². The van der Waals surface area contributed by atoms with Crippen LogP contribution in [0.15, 0.2) is 74.0 Å². The van der Waals surface area contributed by atoms with Crippen molar-refractivity contribution in [3.63, 3.8) is 0 Å². The lowest BCUT2D eigenvalue weighted by Crippen LogP contribution is -2.50. The van der Waals surface area contributed by atoms with E-state index in [1.54, 1.807) is 31.2 Å². The van der Waals surface area contributed by atoms with Gasteiger partial charge in [0.25, 0.3) is 5.91 Å². The van der Waals surface area contributed by atoms with Crippen LogP contribution in [0.2, 0.25) is 0 Å². The SMILES string of the molecule is C=CCC(O)(CC=C)[C@@H](C)NC(=O)c1ccc(OC2CCN(Cc3ccccn3)CC2)cc1. The molecule has 1 amide bonds. The van der Waals surface area contributed by atoms with E-state index in [0.717, 1.165) is 43.9 Å². The van der Waals surface area contributed by atoms with E-state index in [-0.39, 0.29) is 12.0 Å². The maximum Gasteiger partial charge on any atom is 0.251 e. The molecule has 0 radical (unpaired) electrons. The molecular weight excluding hydrogens is 414 g/mol. The number of carbonyl (C=O) groups is 1. The number of nitrogens with zero attached hydrogens (tertiary/aromatic N) is 2. The van der Waals surface area contributed by atoms with Crippen LogP contribution >= 0.6 is 0 Å². The molecule has 0 spiro atoms. The van der Waals surface area contributed by atoms with Crippen LogP contribution in [0.5, 0.6) is 5.75 Å². The number of aromatic nitrogens is 1. The van der Waals surface area contributed by atoms with E-state index in [9.17, 15) is 9.90 Å². The van der Waals surface area contributed by atoms with Crippen molar-refractivity contribution < 1.29 is 14.6 Å². The Hall–Kier alpha value is -2.96. The molecule has 0 aliphatic carbocycles. The molecule has 2 aromatic rings. The molecule has 1 fully saturated rings. The van der Waals surface area contributed by atoms with Crippen LogP contribution < -0.4 is 10.1 Å². The Morgan fingerprint density at radius 2 is 1.88 bits per heavy atom. The van der Waals surface area contributed by atoms with Crippen LogP contribution in [0.3, 0.4) is 0 Å². The number of carbonyl (C=O) groups excluding carboxylic acids is 1. The molecule has 3 rings (SSSR count). The number of nitrogens with one attached hydrogen (secondary N) is 1. The summed E-state index contributed by atoms with van der Waals surface area (Å²) in [5.41, 5.74) is 0.514. The average molecular weight is 450 g/mol. The van der Waals surface area contributed by atoms with Crippen molar-refractivity contribution in [1.82, 2.24) is 15.2 Å². The first-order valence-electron chi connectivity index (χ1n) is 11.6. The molecule has 0 unspecified atom stereocenters. The zero-order valence-electron chi connectivity index (χ0n) is 19.5. The first kappa shape index (κ1) is 24.7. The number of amides is 1. The number of pyridine rings is 1. The van der Waals surface area contributed by atoms with Gasteiger partial charge < -0.3 is 15.2 Å². The second-order valence-corrected chi connectivity index (χ2v) is 8.72. The van der Waals surface area contributed by atoms with Crippen LogP contribution in [-0.4, -0.2) is 51.7 Å². The molecule has 1 aromatic carbocycles. The summed E-state index contributed by atoms with van der Waals surface area (Å²) >= 11 is 0. The van der Waals surface area contributed by atoms with Gasteiger partial charge in [-0.2, -0.15) is 0 Å². The summed E-state index contributed by atoms with van der Waals surface area (Å²) in [6.07, 6.45) is 7.95. The molecular formula is C27H35N3O3. The third kappa shape index (κ3) is 7.01. The minimum absolute atomic E-state index is 0.164. The lowest BCUT2D eigenvalue weighted by molar-refractivity contribution is 0.0127. The summed E-state index contributed by atoms with van der Waals surface area (Å²) < 4.78 is 6.15. The second-order valence-electron chi connectivity index (χ2n) is 8.72. The van der Waals surface area contributed by atoms with Gasteiger partial charge in [0.15, 0.2) is 0 Å². The van der Waals surface area contributed by atoms with E-state index < -0.39 is 11.6 Å². The molecule has 1 aliphatic heterocycles. The van der Waals surface area contributed by atoms with Gasteiger partial charge in [-0.15, -0.1) is 13.2 Å². The predicted octanol–water partition coefficient (Wildman–Crippen LogP) is 4.13. The fourth-order valence-electron chi connectivity index (χ4n) is 4.13. The third-order valence-electron chi connectivity index (χ3n) is 6.21. The second kappa shape index (κ2) is 11.8. The molecule has 2 N–H and O–H groups in total. The zero-order chi connectivity index (χ0) is 23.7. The normalized spacial score (nSPS) is 16.1. The molecule has 1 aliphatic rings. The highest BCUT2D eigenvalue weighted by Gasteiger charge is 2.32. The molecule has 2 heterocycles. The van der Waals surface area contributed by atoms with Crippen LogP contribution in [0.1, 0.15) is 48.7 Å². The highest BCUT2D eigenvalue weighted by atomic mass is 16.5. The minimum Gasteiger partial charge on any atom is -0.490 e. The molecule has 1 saturated heterocycles. The Morgan fingerprint density at radius 3 is 2.45 bits per heavy atom. The van der Waals surface area contributed by atoms with E-state index in [2.05, 4.69) is 34.4 Å². The van der Waals surface area contributed by atoms with Crippen molar-refractivity contribution in [2.75, 3.05) is 13.1 Å². The Bertz CT molecular complexity index is 896. The predicted molar refractivity (Wildman–Crippen MR) is 131 cm³/mol. The van der Waals surface area contributed by atoms with Crippen LogP contribution in [0.4, 0.5) is 0 Å². The molecule has 33 heavy (non-hydrogen) atoms. The summed E-state index contributed by atoms with van der Waals surface area (Å²) in [6, 6.07) is 12.7. The lowest BCUT2D eigenvalue weighted by atomic mass is 9.88. The smallest absolute Gasteiger partial charge is 0.251 e. The molecule has 0 bridgehead atoms. The van der Waals surface area contributed by atoms with Crippen LogP contribution in [0, 0.1) is 0 Å². The minimum atomic E-state index is -1.10. The molecule has 0 saturated carbocycles. The number of ether oxygens (including phenoxy) is 1. The van der Waals surface area contributed by atoms with Gasteiger partial charge in [0.05, 0.1) is 17.3 Å². The van der Waals surface area contributed by atoms with Crippen molar-refractivity contribution in [3.8, 4) is 5.75 Å². The molecule has 6 nitrogen and oxygen atoms in total. The van der Waals surface area contributed by atoms with Gasteiger partial charge in [0, 0.05) is 31.4 Å². The van der Waals surface area contributed by atoms with Gasteiger partial charge in [0.2, 0.25) is 0 Å². The summed E-state index contributed by atoms with van der Waals surface area (Å²) in [4.78, 5) is 19.5. The average Bonchev–Trinajstić information content (AvgIpc) is 2.82. The largest absolute Gasteiger partial charge is 0.490 e. The molecule has 1 aromatic heterocycles. The number of rotatable bonds is 11. The first-order valence-corrected chi connectivity index (χ1v) is 11.6. The third-order valence-corrected chi connectivity index (χ3v) is 6.21. The quantitative estimate of drug-likeness (QED) is 0.505. The number of hydrogen-bond acceptors (Lipinski definition) is 5. The Labute approximate surface area is 197 Å². The fraction of sp³-hybridized carbons (Fsp3) is 0.407. The summed E-state index contributed by atoms with van der Waals surface area (Å²) in [5.74, 6) is 0.529. The number of benzene rings is 1. The van der Waals surface area contributed by atoms with Gasteiger partial charge in [0.1, 0.15) is 11.9 Å². The lowest BCUT2D eigenvalue weighted by Gasteiger charge is -2.33. The van der Waals surface area contributed by atoms with E-state index in [0.29, 0.717) is 18.4 Å². The maximum absolute atomic E-state index is 12.7. The maximum atomic E-state index is 12.7. The van der Waals surface area contributed by atoms with Gasteiger partial charge in [-0.05, 0) is 69.0 Å². The summed E-state index contributed by atoms with van der Waals surface area (Å²) in [6.45, 7) is 12.0. The topological polar surface area (TPSA) is 74.7 Å². The van der Waals surface area contributed by atoms with Gasteiger partial charge in [-0.25, -0.2) is 0 Å². The standard InChI is InChI=1S/C27H35N3O3/c1-4-15-27(32,16-5-2)21(3)29-26(31)22-9-11-24(12-10-22)33-25-13-18-30(19-14-25)20-23-8-6-7-17-28-23/h4-12,17,21,25,32H,1-2,13-16,18-20H2,3H3,(H,29,31)/t21-/m1/s1. The van der Waals surface area contributed by atoms with Crippen molar-refractivity contribution in [3.05, 3.63) is 85.2 Å². The zero-order valence-corrected chi connectivity index (χ0v) is 19.5. The van der Waals surface area contributed by atoms with Crippen LogP contribution in [0.25, 0.3) is 0 Å². The number of hydrogen-bond donors (Lipinski definition) is 2. The Morgan fingerprint density at radius 1 is 1.21 bits per heavy atom. The van der Waals surface area contributed by atoms with E-state index in [1.807, 2.05) is 30.5 Å². The van der Waals surface area contributed by atoms with Crippen molar-refractivity contribution in [2.45, 2.75) is 56.9 Å². The van der Waals surface area contributed by atoms with Crippen molar-refractivity contribution in [2.24, 2.45) is 0 Å². The monoisotopic (exact) mass is 449 g/mol. The number of piperidine rings is 1.